The highest BCUT2D eigenvalue weighted by molar-refractivity contribution is 7.99. The number of halogens is 2. The third-order valence-electron chi connectivity index (χ3n) is 6.79. The van der Waals surface area contributed by atoms with Crippen molar-refractivity contribution in [3.63, 3.8) is 0 Å². The molecule has 2 aromatic heterocycles. The summed E-state index contributed by atoms with van der Waals surface area (Å²) in [5.74, 6) is -0.363. The number of hydrogen-bond donors (Lipinski definition) is 1. The maximum absolute atomic E-state index is 15.2. The number of anilines is 2. The van der Waals surface area contributed by atoms with E-state index >= 15 is 4.39 Å². The van der Waals surface area contributed by atoms with Crippen LogP contribution in [0.25, 0.3) is 17.0 Å². The number of fused-ring (bicyclic) bond motifs is 1. The summed E-state index contributed by atoms with van der Waals surface area (Å²) in [7, 11) is 4.06. The molecule has 200 valence electrons. The lowest BCUT2D eigenvalue weighted by Gasteiger charge is -2.32. The van der Waals surface area contributed by atoms with Crippen LogP contribution in [0, 0.1) is 17.1 Å². The quantitative estimate of drug-likeness (QED) is 0.275. The Morgan fingerprint density at radius 1 is 1.15 bits per heavy atom. The molecule has 1 aliphatic rings. The smallest absolute Gasteiger partial charge is 0.172 e. The van der Waals surface area contributed by atoms with Gasteiger partial charge in [-0.1, -0.05) is 35.5 Å². The van der Waals surface area contributed by atoms with E-state index in [0.29, 0.717) is 38.4 Å². The molecule has 1 fully saturated rings. The lowest BCUT2D eigenvalue weighted by atomic mass is 10.1. The third-order valence-corrected chi connectivity index (χ3v) is 8.37. The SMILES string of the molecule is CN1CCN(CCC=Cc2cc3ncc(C#N)c(Nc4ccc(Sc5nccn5C)c(Cl)c4)c3cc2F)CC1. The van der Waals surface area contributed by atoms with Gasteiger partial charge < -0.3 is 19.7 Å². The first-order valence-electron chi connectivity index (χ1n) is 12.7. The van der Waals surface area contributed by atoms with Crippen LogP contribution >= 0.6 is 23.4 Å². The van der Waals surface area contributed by atoms with Gasteiger partial charge in [0.25, 0.3) is 0 Å². The molecule has 2 aromatic carbocycles. The van der Waals surface area contributed by atoms with Crippen LogP contribution in [0.15, 0.2) is 65.1 Å². The Bertz CT molecular complexity index is 1550. The van der Waals surface area contributed by atoms with E-state index in [9.17, 15) is 5.26 Å². The summed E-state index contributed by atoms with van der Waals surface area (Å²) in [6.45, 7) is 5.24. The highest BCUT2D eigenvalue weighted by atomic mass is 35.5. The van der Waals surface area contributed by atoms with Gasteiger partial charge in [0.2, 0.25) is 0 Å². The molecule has 1 saturated heterocycles. The molecule has 0 spiro atoms. The second kappa shape index (κ2) is 12.2. The molecule has 1 N–H and O–H groups in total. The summed E-state index contributed by atoms with van der Waals surface area (Å²) < 4.78 is 17.1. The van der Waals surface area contributed by atoms with Gasteiger partial charge in [-0.3, -0.25) is 4.98 Å². The average Bonchev–Trinajstić information content (AvgIpc) is 3.33. The minimum Gasteiger partial charge on any atom is -0.354 e. The van der Waals surface area contributed by atoms with Crippen LogP contribution in [-0.2, 0) is 7.05 Å². The molecule has 5 rings (SSSR count). The van der Waals surface area contributed by atoms with Crippen molar-refractivity contribution < 1.29 is 4.39 Å². The molecule has 0 saturated carbocycles. The fraction of sp³-hybridized carbons (Fsp3) is 0.276. The Hall–Kier alpha value is -3.42. The van der Waals surface area contributed by atoms with Gasteiger partial charge in [0.05, 0.1) is 21.8 Å². The molecule has 4 aromatic rings. The van der Waals surface area contributed by atoms with Gasteiger partial charge in [-0.25, -0.2) is 9.37 Å². The highest BCUT2D eigenvalue weighted by Crippen LogP contribution is 2.36. The molecular weight excluding hydrogens is 533 g/mol. The van der Waals surface area contributed by atoms with Gasteiger partial charge in [0, 0.05) is 79.9 Å². The lowest BCUT2D eigenvalue weighted by Crippen LogP contribution is -2.44. The number of piperazine rings is 1. The van der Waals surface area contributed by atoms with Crippen molar-refractivity contribution in [2.24, 2.45) is 7.05 Å². The summed E-state index contributed by atoms with van der Waals surface area (Å²) in [5, 5.41) is 14.9. The molecule has 0 unspecified atom stereocenters. The van der Waals surface area contributed by atoms with Crippen LogP contribution in [0.2, 0.25) is 5.02 Å². The Morgan fingerprint density at radius 2 is 1.97 bits per heavy atom. The number of aromatic nitrogens is 3. The van der Waals surface area contributed by atoms with Gasteiger partial charge in [-0.05, 0) is 43.8 Å². The summed E-state index contributed by atoms with van der Waals surface area (Å²) in [6, 6.07) is 10.9. The van der Waals surface area contributed by atoms with E-state index in [4.69, 9.17) is 11.6 Å². The molecule has 0 bridgehead atoms. The standard InChI is InChI=1S/C29H29ClFN7S/c1-36-11-13-38(14-12-36)9-4-3-5-20-15-26-23(17-25(20)31)28(21(18-32)19-34-26)35-22-6-7-27(24(30)16-22)39-29-33-8-10-37(29)2/h3,5-8,10,15-17,19H,4,9,11-14H2,1-2H3,(H,34,35). The molecule has 0 atom stereocenters. The molecule has 39 heavy (non-hydrogen) atoms. The van der Waals surface area contributed by atoms with E-state index in [0.717, 1.165) is 49.2 Å². The number of nitrogens with zero attached hydrogens (tertiary/aromatic N) is 6. The minimum atomic E-state index is -0.363. The fourth-order valence-electron chi connectivity index (χ4n) is 4.47. The maximum atomic E-state index is 15.2. The highest BCUT2D eigenvalue weighted by Gasteiger charge is 2.15. The molecule has 10 heteroatoms. The summed E-state index contributed by atoms with van der Waals surface area (Å²) in [5.41, 5.74) is 2.57. The van der Waals surface area contributed by atoms with Gasteiger partial charge >= 0.3 is 0 Å². The van der Waals surface area contributed by atoms with E-state index in [1.165, 1.54) is 24.0 Å². The second-order valence-corrected chi connectivity index (χ2v) is 11.0. The third kappa shape index (κ3) is 6.43. The zero-order chi connectivity index (χ0) is 27.4. The van der Waals surface area contributed by atoms with Crippen LogP contribution in [0.4, 0.5) is 15.8 Å². The normalized spacial score (nSPS) is 14.7. The number of benzene rings is 2. The number of pyridine rings is 1. The lowest BCUT2D eigenvalue weighted by molar-refractivity contribution is 0.156. The second-order valence-electron chi connectivity index (χ2n) is 9.58. The van der Waals surface area contributed by atoms with Crippen LogP contribution in [-0.4, -0.2) is 64.1 Å². The first kappa shape index (κ1) is 27.2. The van der Waals surface area contributed by atoms with Crippen LogP contribution in [0.5, 0.6) is 0 Å². The Labute approximate surface area is 236 Å². The van der Waals surface area contributed by atoms with E-state index in [1.54, 1.807) is 18.3 Å². The number of aryl methyl sites for hydroxylation is 1. The van der Waals surface area contributed by atoms with Crippen molar-refractivity contribution in [3.05, 3.63) is 77.0 Å². The van der Waals surface area contributed by atoms with E-state index < -0.39 is 0 Å². The minimum absolute atomic E-state index is 0.319. The van der Waals surface area contributed by atoms with Crippen LogP contribution in [0.1, 0.15) is 17.5 Å². The first-order valence-corrected chi connectivity index (χ1v) is 13.9. The number of nitriles is 1. The number of rotatable bonds is 8. The monoisotopic (exact) mass is 561 g/mol. The van der Waals surface area contributed by atoms with E-state index in [-0.39, 0.29) is 5.82 Å². The molecule has 7 nitrogen and oxygen atoms in total. The summed E-state index contributed by atoms with van der Waals surface area (Å²) in [6.07, 6.45) is 9.80. The van der Waals surface area contributed by atoms with Crippen molar-refractivity contribution in [3.8, 4) is 6.07 Å². The fourth-order valence-corrected chi connectivity index (χ4v) is 5.57. The zero-order valence-electron chi connectivity index (χ0n) is 21.9. The Morgan fingerprint density at radius 3 is 2.69 bits per heavy atom. The largest absolute Gasteiger partial charge is 0.354 e. The van der Waals surface area contributed by atoms with E-state index in [1.807, 2.05) is 42.1 Å². The van der Waals surface area contributed by atoms with Crippen molar-refractivity contribution in [1.82, 2.24) is 24.3 Å². The van der Waals surface area contributed by atoms with Crippen molar-refractivity contribution in [2.45, 2.75) is 16.5 Å². The Kier molecular flexibility index (Phi) is 8.48. The van der Waals surface area contributed by atoms with E-state index in [2.05, 4.69) is 38.2 Å². The van der Waals surface area contributed by atoms with Crippen LogP contribution in [0.3, 0.4) is 0 Å². The number of hydrogen-bond acceptors (Lipinski definition) is 7. The van der Waals surface area contributed by atoms with Gasteiger partial charge in [0.1, 0.15) is 11.9 Å². The topological polar surface area (TPSA) is 73.0 Å². The summed E-state index contributed by atoms with van der Waals surface area (Å²) >= 11 is 8.03. The molecule has 0 radical (unpaired) electrons. The van der Waals surface area contributed by atoms with Gasteiger partial charge in [0.15, 0.2) is 5.16 Å². The molecule has 0 amide bonds. The zero-order valence-corrected chi connectivity index (χ0v) is 23.4. The van der Waals surface area contributed by atoms with Gasteiger partial charge in [-0.2, -0.15) is 5.26 Å². The molecule has 3 heterocycles. The molecule has 1 aliphatic heterocycles. The van der Waals surface area contributed by atoms with Crippen molar-refractivity contribution >= 4 is 51.7 Å². The maximum Gasteiger partial charge on any atom is 0.172 e. The van der Waals surface area contributed by atoms with Crippen molar-refractivity contribution in [1.29, 1.82) is 5.26 Å². The molecule has 0 aliphatic carbocycles. The van der Waals surface area contributed by atoms with Crippen LogP contribution < -0.4 is 5.32 Å². The average molecular weight is 562 g/mol. The predicted octanol–water partition coefficient (Wildman–Crippen LogP) is 6.18. The number of imidazole rings is 1. The number of likely N-dealkylation sites (N-methyl/N-ethyl adjacent to an activating group) is 1. The first-order chi connectivity index (χ1) is 18.9. The number of nitrogens with one attached hydrogen (secondary N) is 1. The Balaban J connectivity index is 1.34. The summed E-state index contributed by atoms with van der Waals surface area (Å²) in [4.78, 5) is 14.4. The van der Waals surface area contributed by atoms with Crippen molar-refractivity contribution in [2.75, 3.05) is 45.1 Å². The van der Waals surface area contributed by atoms with Gasteiger partial charge in [-0.15, -0.1) is 0 Å². The predicted molar refractivity (Wildman–Crippen MR) is 156 cm³/mol. The molecular formula is C29H29ClFN7S.